The van der Waals surface area contributed by atoms with Crippen molar-refractivity contribution >= 4 is 17.5 Å². The first-order valence-corrected chi connectivity index (χ1v) is 12.7. The van der Waals surface area contributed by atoms with Gasteiger partial charge in [0.2, 0.25) is 12.1 Å². The lowest BCUT2D eigenvalue weighted by Crippen LogP contribution is -2.60. The molecule has 1 aliphatic carbocycles. The Bertz CT molecular complexity index is 1380. The molecule has 1 saturated heterocycles. The molecule has 0 amide bonds. The van der Waals surface area contributed by atoms with Crippen LogP contribution in [0, 0.1) is 6.92 Å². The predicted molar refractivity (Wildman–Crippen MR) is 142 cm³/mol. The summed E-state index contributed by atoms with van der Waals surface area (Å²) in [4.78, 5) is 31.5. The molecule has 9 N–H and O–H groups in total. The van der Waals surface area contributed by atoms with Crippen LogP contribution in [0.25, 0.3) is 0 Å². The molecule has 2 aromatic rings. The van der Waals surface area contributed by atoms with Crippen molar-refractivity contribution in [2.45, 2.75) is 50.1 Å². The van der Waals surface area contributed by atoms with E-state index in [4.69, 9.17) is 19.9 Å². The molecule has 14 nitrogen and oxygen atoms in total. The van der Waals surface area contributed by atoms with Gasteiger partial charge in [0.05, 0.1) is 30.9 Å². The minimum absolute atomic E-state index is 0.0232. The number of carbonyl (C=O) groups is 2. The highest BCUT2D eigenvalue weighted by Crippen LogP contribution is 2.44. The number of ether oxygens (including phenoxy) is 3. The third-order valence-electron chi connectivity index (χ3n) is 7.22. The number of nitrogens with one attached hydrogen (secondary N) is 1. The minimum Gasteiger partial charge on any atom is -0.507 e. The lowest BCUT2D eigenvalue weighted by molar-refractivity contribution is -0.277. The molecule has 222 valence electrons. The van der Waals surface area contributed by atoms with E-state index in [2.05, 4.69) is 10.3 Å². The molecule has 0 spiro atoms. The van der Waals surface area contributed by atoms with E-state index in [-0.39, 0.29) is 58.3 Å². The number of aliphatic imine (C=N–C) groups is 1. The third kappa shape index (κ3) is 5.32. The first-order valence-electron chi connectivity index (χ1n) is 12.7. The molecule has 41 heavy (non-hydrogen) atoms. The Balaban J connectivity index is 1.85. The summed E-state index contributed by atoms with van der Waals surface area (Å²) in [6, 6.07) is 3.28. The maximum atomic E-state index is 14.0. The number of methoxy groups -OCH3 is 1. The summed E-state index contributed by atoms with van der Waals surface area (Å²) in [7, 11) is 2.77. The summed E-state index contributed by atoms with van der Waals surface area (Å²) in [5.41, 5.74) is 5.72. The number of nitrogens with zero attached hydrogens (tertiary/aromatic N) is 1. The topological polar surface area (TPSA) is 234 Å². The SMILES string of the molecule is CN=C(N)N[C@@H](CCO)c1c(C)cc2c(c1O)C(=O)c1c(O[C@@H]3O[C@H](CO)[C@@H](O)[C@H](O)[C@H]3O)cc(OC)cc1C2=O. The maximum absolute atomic E-state index is 14.0. The number of hydrogen-bond acceptors (Lipinski definition) is 12. The molecule has 1 fully saturated rings. The van der Waals surface area contributed by atoms with Crippen LogP contribution in [-0.2, 0) is 4.74 Å². The van der Waals surface area contributed by atoms with Crippen LogP contribution in [-0.4, -0.2) is 106 Å². The smallest absolute Gasteiger partial charge is 0.229 e. The number of carbonyl (C=O) groups excluding carboxylic acids is 2. The molecule has 6 atom stereocenters. The number of phenols is 1. The number of guanidine groups is 1. The third-order valence-corrected chi connectivity index (χ3v) is 7.22. The number of nitrogens with two attached hydrogens (primary N) is 1. The van der Waals surface area contributed by atoms with Crippen molar-refractivity contribution in [2.75, 3.05) is 27.4 Å². The Morgan fingerprint density at radius 1 is 1.07 bits per heavy atom. The van der Waals surface area contributed by atoms with Gasteiger partial charge in [-0.3, -0.25) is 14.6 Å². The average molecular weight is 576 g/mol. The van der Waals surface area contributed by atoms with Gasteiger partial charge in [0, 0.05) is 36.4 Å². The van der Waals surface area contributed by atoms with E-state index in [0.717, 1.165) is 0 Å². The molecular weight excluding hydrogens is 542 g/mol. The van der Waals surface area contributed by atoms with Crippen molar-refractivity contribution in [3.8, 4) is 17.2 Å². The summed E-state index contributed by atoms with van der Waals surface area (Å²) in [5.74, 6) is -2.06. The zero-order chi connectivity index (χ0) is 30.2. The van der Waals surface area contributed by atoms with Gasteiger partial charge >= 0.3 is 0 Å². The second-order valence-corrected chi connectivity index (χ2v) is 9.72. The van der Waals surface area contributed by atoms with Crippen LogP contribution in [0.2, 0.25) is 0 Å². The number of aliphatic hydroxyl groups excluding tert-OH is 5. The van der Waals surface area contributed by atoms with E-state index in [1.54, 1.807) is 6.92 Å². The Kier molecular flexibility index (Phi) is 8.82. The van der Waals surface area contributed by atoms with Gasteiger partial charge in [-0.2, -0.15) is 0 Å². The molecule has 2 aliphatic rings. The molecule has 1 aliphatic heterocycles. The van der Waals surface area contributed by atoms with Crippen molar-refractivity contribution in [1.82, 2.24) is 5.32 Å². The standard InChI is InChI=1S/C27H33N3O11/c1-10-6-12-19(22(35)17(10)14(4-5-31)30-27(28)29-2)23(36)18-13(20(12)33)7-11(39-3)8-15(18)40-26-25(38)24(37)21(34)16(9-32)41-26/h6-8,14,16,21,24-26,31-32,34-35,37-38H,4-5,9H2,1-3H3,(H3,28,29,30)/t14-,16+,21+,24-,25+,26+/m0/s1. The second kappa shape index (κ2) is 12.0. The number of benzene rings is 2. The van der Waals surface area contributed by atoms with Crippen LogP contribution in [0.4, 0.5) is 0 Å². The highest BCUT2D eigenvalue weighted by atomic mass is 16.7. The molecule has 1 heterocycles. The number of aromatic hydroxyl groups is 1. The first kappa shape index (κ1) is 30.2. The van der Waals surface area contributed by atoms with Crippen molar-refractivity contribution in [3.05, 3.63) is 51.6 Å². The van der Waals surface area contributed by atoms with Crippen molar-refractivity contribution < 1.29 is 54.4 Å². The molecular formula is C27H33N3O11. The summed E-state index contributed by atoms with van der Waals surface area (Å²) >= 11 is 0. The number of aliphatic hydroxyl groups is 5. The molecule has 14 heteroatoms. The van der Waals surface area contributed by atoms with E-state index >= 15 is 0 Å². The molecule has 4 rings (SSSR count). The Labute approximate surface area is 234 Å². The van der Waals surface area contributed by atoms with Crippen molar-refractivity contribution in [3.63, 3.8) is 0 Å². The number of phenolic OH excluding ortho intramolecular Hbond substituents is 1. The molecule has 0 saturated carbocycles. The van der Waals surface area contributed by atoms with Gasteiger partial charge in [0.15, 0.2) is 11.7 Å². The molecule has 0 bridgehead atoms. The van der Waals surface area contributed by atoms with Gasteiger partial charge in [0.1, 0.15) is 41.7 Å². The van der Waals surface area contributed by atoms with Gasteiger partial charge in [0.25, 0.3) is 0 Å². The van der Waals surface area contributed by atoms with Crippen molar-refractivity contribution in [1.29, 1.82) is 0 Å². The van der Waals surface area contributed by atoms with Crippen LogP contribution in [0.5, 0.6) is 17.2 Å². The number of hydrogen-bond donors (Lipinski definition) is 8. The predicted octanol–water partition coefficient (Wildman–Crippen LogP) is -1.38. The zero-order valence-electron chi connectivity index (χ0n) is 22.6. The normalized spacial score (nSPS) is 24.9. The summed E-state index contributed by atoms with van der Waals surface area (Å²) in [6.45, 7) is 0.627. The average Bonchev–Trinajstić information content (AvgIpc) is 2.95. The minimum atomic E-state index is -1.80. The van der Waals surface area contributed by atoms with Gasteiger partial charge < -0.3 is 55.9 Å². The monoisotopic (exact) mass is 575 g/mol. The van der Waals surface area contributed by atoms with E-state index in [1.165, 1.54) is 32.4 Å². The van der Waals surface area contributed by atoms with Crippen LogP contribution >= 0.6 is 0 Å². The highest BCUT2D eigenvalue weighted by Gasteiger charge is 2.46. The van der Waals surface area contributed by atoms with Gasteiger partial charge in [-0.15, -0.1) is 0 Å². The lowest BCUT2D eigenvalue weighted by Gasteiger charge is -2.39. The van der Waals surface area contributed by atoms with Crippen LogP contribution in [0.3, 0.4) is 0 Å². The van der Waals surface area contributed by atoms with Crippen molar-refractivity contribution in [2.24, 2.45) is 10.7 Å². The number of fused-ring (bicyclic) bond motifs is 2. The molecule has 0 radical (unpaired) electrons. The zero-order valence-corrected chi connectivity index (χ0v) is 22.6. The van der Waals surface area contributed by atoms with E-state index in [1.807, 2.05) is 0 Å². The van der Waals surface area contributed by atoms with E-state index < -0.39 is 60.7 Å². The Morgan fingerprint density at radius 2 is 1.76 bits per heavy atom. The summed E-state index contributed by atoms with van der Waals surface area (Å²) < 4.78 is 16.5. The quantitative estimate of drug-likeness (QED) is 0.114. The number of aryl methyl sites for hydroxylation is 1. The fourth-order valence-corrected chi connectivity index (χ4v) is 5.10. The highest BCUT2D eigenvalue weighted by molar-refractivity contribution is 6.30. The fourth-order valence-electron chi connectivity index (χ4n) is 5.10. The Morgan fingerprint density at radius 3 is 2.37 bits per heavy atom. The largest absolute Gasteiger partial charge is 0.507 e. The lowest BCUT2D eigenvalue weighted by atomic mass is 9.79. The van der Waals surface area contributed by atoms with E-state index in [9.17, 15) is 40.2 Å². The molecule has 0 unspecified atom stereocenters. The van der Waals surface area contributed by atoms with E-state index in [0.29, 0.717) is 5.56 Å². The van der Waals surface area contributed by atoms with Gasteiger partial charge in [-0.1, -0.05) is 0 Å². The molecule has 2 aromatic carbocycles. The first-order chi connectivity index (χ1) is 19.5. The summed E-state index contributed by atoms with van der Waals surface area (Å²) in [6.07, 6.45) is -8.06. The number of ketones is 2. The molecule has 0 aromatic heterocycles. The van der Waals surface area contributed by atoms with Crippen LogP contribution in [0.15, 0.2) is 23.2 Å². The van der Waals surface area contributed by atoms with Gasteiger partial charge in [-0.25, -0.2) is 0 Å². The Hall–Kier alpha value is -3.79. The summed E-state index contributed by atoms with van der Waals surface area (Å²) in [5, 5.41) is 64.2. The van der Waals surface area contributed by atoms with Crippen LogP contribution < -0.4 is 20.5 Å². The second-order valence-electron chi connectivity index (χ2n) is 9.72. The maximum Gasteiger partial charge on any atom is 0.229 e. The van der Waals surface area contributed by atoms with Crippen LogP contribution in [0.1, 0.15) is 55.4 Å². The van der Waals surface area contributed by atoms with Gasteiger partial charge in [-0.05, 0) is 31.0 Å². The fraction of sp³-hybridized carbons (Fsp3) is 0.444. The number of rotatable bonds is 8.